The molecule has 0 unspecified atom stereocenters. The maximum Gasteiger partial charge on any atom is 0.161 e. The first kappa shape index (κ1) is 20.0. The van der Waals surface area contributed by atoms with Gasteiger partial charge in [0.05, 0.1) is 6.61 Å². The highest BCUT2D eigenvalue weighted by Gasteiger charge is 2.08. The first-order valence-corrected chi connectivity index (χ1v) is 9.56. The second-order valence-corrected chi connectivity index (χ2v) is 6.88. The summed E-state index contributed by atoms with van der Waals surface area (Å²) in [5, 5.41) is 4.11. The molecule has 1 N–H and O–H groups in total. The summed E-state index contributed by atoms with van der Waals surface area (Å²) in [4.78, 5) is 0. The molecule has 0 aromatic heterocycles. The number of anilines is 1. The third-order valence-electron chi connectivity index (χ3n) is 4.30. The van der Waals surface area contributed by atoms with E-state index in [1.807, 2.05) is 50.2 Å². The van der Waals surface area contributed by atoms with Crippen molar-refractivity contribution in [2.24, 2.45) is 0 Å². The van der Waals surface area contributed by atoms with Crippen molar-refractivity contribution in [2.75, 3.05) is 11.9 Å². The molecule has 3 aromatic carbocycles. The van der Waals surface area contributed by atoms with Crippen LogP contribution < -0.4 is 14.8 Å². The van der Waals surface area contributed by atoms with E-state index in [2.05, 4.69) is 5.32 Å². The fourth-order valence-corrected chi connectivity index (χ4v) is 2.95. The van der Waals surface area contributed by atoms with Crippen LogP contribution in [0.5, 0.6) is 11.5 Å². The zero-order chi connectivity index (χ0) is 19.9. The molecule has 146 valence electrons. The highest BCUT2D eigenvalue weighted by molar-refractivity contribution is 6.30. The van der Waals surface area contributed by atoms with Crippen LogP contribution in [0.4, 0.5) is 10.1 Å². The maximum atomic E-state index is 13.0. The molecule has 0 saturated heterocycles. The Morgan fingerprint density at radius 1 is 0.893 bits per heavy atom. The Morgan fingerprint density at radius 3 is 2.39 bits per heavy atom. The minimum atomic E-state index is -0.259. The van der Waals surface area contributed by atoms with Crippen LogP contribution in [0.15, 0.2) is 60.7 Å². The molecule has 0 heterocycles. The summed E-state index contributed by atoms with van der Waals surface area (Å²) in [6.45, 7) is 5.50. The predicted molar refractivity (Wildman–Crippen MR) is 112 cm³/mol. The van der Waals surface area contributed by atoms with Crippen molar-refractivity contribution in [1.82, 2.24) is 0 Å². The highest BCUT2D eigenvalue weighted by Crippen LogP contribution is 2.30. The minimum absolute atomic E-state index is 0.259. The molecule has 0 radical (unpaired) electrons. The third-order valence-corrected chi connectivity index (χ3v) is 4.53. The number of benzene rings is 3. The highest BCUT2D eigenvalue weighted by atomic mass is 35.5. The number of aryl methyl sites for hydroxylation is 1. The first-order valence-electron chi connectivity index (χ1n) is 9.18. The maximum absolute atomic E-state index is 13.0. The average Bonchev–Trinajstić information content (AvgIpc) is 2.69. The molecular weight excluding hydrogens is 377 g/mol. The number of nitrogens with one attached hydrogen (secondary N) is 1. The van der Waals surface area contributed by atoms with Crippen molar-refractivity contribution in [2.45, 2.75) is 27.0 Å². The molecule has 3 nitrogen and oxygen atoms in total. The van der Waals surface area contributed by atoms with E-state index < -0.39 is 0 Å². The van der Waals surface area contributed by atoms with Crippen molar-refractivity contribution < 1.29 is 13.9 Å². The lowest BCUT2D eigenvalue weighted by Crippen LogP contribution is -2.04. The van der Waals surface area contributed by atoms with Crippen molar-refractivity contribution in [3.8, 4) is 11.5 Å². The van der Waals surface area contributed by atoms with Gasteiger partial charge in [0.2, 0.25) is 0 Å². The van der Waals surface area contributed by atoms with Crippen molar-refractivity contribution in [1.29, 1.82) is 0 Å². The van der Waals surface area contributed by atoms with Crippen molar-refractivity contribution in [3.63, 3.8) is 0 Å². The molecule has 0 saturated carbocycles. The van der Waals surface area contributed by atoms with Crippen LogP contribution in [-0.2, 0) is 13.2 Å². The minimum Gasteiger partial charge on any atom is -0.490 e. The Balaban J connectivity index is 1.69. The van der Waals surface area contributed by atoms with Gasteiger partial charge in [0.15, 0.2) is 11.5 Å². The van der Waals surface area contributed by atoms with Gasteiger partial charge >= 0.3 is 0 Å². The smallest absolute Gasteiger partial charge is 0.161 e. The van der Waals surface area contributed by atoms with Gasteiger partial charge in [-0.3, -0.25) is 0 Å². The van der Waals surface area contributed by atoms with Crippen LogP contribution in [0.3, 0.4) is 0 Å². The molecule has 0 amide bonds. The van der Waals surface area contributed by atoms with Gasteiger partial charge in [0.25, 0.3) is 0 Å². The van der Waals surface area contributed by atoms with Crippen LogP contribution in [0, 0.1) is 12.7 Å². The van der Waals surface area contributed by atoms with E-state index in [0.29, 0.717) is 36.3 Å². The second kappa shape index (κ2) is 9.47. The quantitative estimate of drug-likeness (QED) is 0.477. The number of halogens is 2. The Labute approximate surface area is 170 Å². The van der Waals surface area contributed by atoms with Gasteiger partial charge in [0.1, 0.15) is 12.4 Å². The molecule has 3 aromatic rings. The van der Waals surface area contributed by atoms with E-state index in [1.165, 1.54) is 12.1 Å². The molecule has 0 aliphatic heterocycles. The molecule has 0 aliphatic rings. The van der Waals surface area contributed by atoms with Crippen LogP contribution in [0.25, 0.3) is 0 Å². The van der Waals surface area contributed by atoms with Crippen LogP contribution in [0.1, 0.15) is 23.6 Å². The summed E-state index contributed by atoms with van der Waals surface area (Å²) in [7, 11) is 0. The molecular formula is C23H23ClFNO2. The van der Waals surface area contributed by atoms with Gasteiger partial charge in [-0.1, -0.05) is 35.9 Å². The summed E-state index contributed by atoms with van der Waals surface area (Å²) < 4.78 is 24.7. The molecule has 0 bridgehead atoms. The summed E-state index contributed by atoms with van der Waals surface area (Å²) in [6, 6.07) is 17.9. The zero-order valence-electron chi connectivity index (χ0n) is 16.0. The van der Waals surface area contributed by atoms with Crippen LogP contribution in [0.2, 0.25) is 5.02 Å². The lowest BCUT2D eigenvalue weighted by atomic mass is 10.1. The summed E-state index contributed by atoms with van der Waals surface area (Å²) >= 11 is 6.08. The van der Waals surface area contributed by atoms with E-state index >= 15 is 0 Å². The van der Waals surface area contributed by atoms with Gasteiger partial charge in [-0.15, -0.1) is 0 Å². The summed E-state index contributed by atoms with van der Waals surface area (Å²) in [5.41, 5.74) is 4.10. The van der Waals surface area contributed by atoms with E-state index in [9.17, 15) is 4.39 Å². The monoisotopic (exact) mass is 399 g/mol. The summed E-state index contributed by atoms with van der Waals surface area (Å²) in [5.74, 6) is 1.09. The predicted octanol–water partition coefficient (Wildman–Crippen LogP) is 6.38. The van der Waals surface area contributed by atoms with E-state index in [4.69, 9.17) is 21.1 Å². The Hall–Kier alpha value is -2.72. The van der Waals surface area contributed by atoms with Crippen LogP contribution >= 0.6 is 11.6 Å². The fourth-order valence-electron chi connectivity index (χ4n) is 2.77. The largest absolute Gasteiger partial charge is 0.490 e. The topological polar surface area (TPSA) is 30.5 Å². The second-order valence-electron chi connectivity index (χ2n) is 6.44. The average molecular weight is 400 g/mol. The van der Waals surface area contributed by atoms with E-state index in [-0.39, 0.29) is 5.82 Å². The van der Waals surface area contributed by atoms with Gasteiger partial charge in [-0.05, 0) is 66.9 Å². The van der Waals surface area contributed by atoms with Crippen molar-refractivity contribution in [3.05, 3.63) is 88.2 Å². The van der Waals surface area contributed by atoms with Gasteiger partial charge in [0, 0.05) is 17.3 Å². The number of hydrogen-bond donors (Lipinski definition) is 1. The molecule has 0 aliphatic carbocycles. The van der Waals surface area contributed by atoms with Gasteiger partial charge < -0.3 is 14.8 Å². The first-order chi connectivity index (χ1) is 13.5. The number of hydrogen-bond acceptors (Lipinski definition) is 3. The number of ether oxygens (including phenoxy) is 2. The van der Waals surface area contributed by atoms with Gasteiger partial charge in [-0.2, -0.15) is 0 Å². The lowest BCUT2D eigenvalue weighted by molar-refractivity contribution is 0.269. The molecule has 0 spiro atoms. The normalized spacial score (nSPS) is 10.6. The SMILES string of the molecule is CCOc1cc(CNc2cc(Cl)ccc2C)ccc1OCc1ccc(F)cc1. The third kappa shape index (κ3) is 5.40. The van der Waals surface area contributed by atoms with Crippen molar-refractivity contribution >= 4 is 17.3 Å². The van der Waals surface area contributed by atoms with E-state index in [1.54, 1.807) is 12.1 Å². The molecule has 0 fully saturated rings. The molecule has 5 heteroatoms. The Bertz CT molecular complexity index is 928. The Kier molecular flexibility index (Phi) is 6.77. The van der Waals surface area contributed by atoms with Crippen LogP contribution in [-0.4, -0.2) is 6.61 Å². The summed E-state index contributed by atoms with van der Waals surface area (Å²) in [6.07, 6.45) is 0. The lowest BCUT2D eigenvalue weighted by Gasteiger charge is -2.15. The molecule has 0 atom stereocenters. The Morgan fingerprint density at radius 2 is 1.64 bits per heavy atom. The zero-order valence-corrected chi connectivity index (χ0v) is 16.7. The standard InChI is InChI=1S/C23H23ClFNO2/c1-3-27-23-12-18(14-26-21-13-19(24)8-4-16(21)2)7-11-22(23)28-15-17-5-9-20(25)10-6-17/h4-13,26H,3,14-15H2,1-2H3. The molecule has 28 heavy (non-hydrogen) atoms. The molecule has 3 rings (SSSR count). The van der Waals surface area contributed by atoms with E-state index in [0.717, 1.165) is 22.4 Å². The van der Waals surface area contributed by atoms with Gasteiger partial charge in [-0.25, -0.2) is 4.39 Å². The number of rotatable bonds is 8. The fraction of sp³-hybridized carbons (Fsp3) is 0.217.